The molecule has 0 amide bonds. The van der Waals surface area contributed by atoms with Gasteiger partial charge in [-0.25, -0.2) is 0 Å². The van der Waals surface area contributed by atoms with E-state index in [0.29, 0.717) is 35.8 Å². The quantitative estimate of drug-likeness (QED) is 0.683. The topological polar surface area (TPSA) is 23.5 Å². The van der Waals surface area contributed by atoms with Gasteiger partial charge in [-0.15, -0.1) is 0 Å². The average molecular weight is 310 g/mol. The standard InChI is InChI=1S/C20H39NO/c1-13(2)17-9-7-15(5)11-19(17)21(22)20-12-16(6)8-10-18(20)14(3)4/h13-20,22H,7-12H2,1-6H3. The summed E-state index contributed by atoms with van der Waals surface area (Å²) in [5.74, 6) is 4.18. The molecule has 2 heteroatoms. The van der Waals surface area contributed by atoms with Crippen molar-refractivity contribution in [3.05, 3.63) is 0 Å². The predicted molar refractivity (Wildman–Crippen MR) is 93.9 cm³/mol. The van der Waals surface area contributed by atoms with Crippen LogP contribution in [0.25, 0.3) is 0 Å². The summed E-state index contributed by atoms with van der Waals surface area (Å²) in [5, 5.41) is 13.1. The zero-order chi connectivity index (χ0) is 16.4. The molecule has 2 fully saturated rings. The van der Waals surface area contributed by atoms with Crippen molar-refractivity contribution in [2.45, 2.75) is 92.2 Å². The lowest BCUT2D eigenvalue weighted by Crippen LogP contribution is -2.53. The van der Waals surface area contributed by atoms with Gasteiger partial charge in [-0.3, -0.25) is 0 Å². The van der Waals surface area contributed by atoms with Crippen molar-refractivity contribution in [1.82, 2.24) is 5.06 Å². The lowest BCUT2D eigenvalue weighted by atomic mass is 9.70. The second-order valence-electron chi connectivity index (χ2n) is 9.17. The highest BCUT2D eigenvalue weighted by atomic mass is 16.5. The first-order chi connectivity index (χ1) is 10.3. The van der Waals surface area contributed by atoms with Gasteiger partial charge in [0.2, 0.25) is 0 Å². The molecule has 130 valence electrons. The van der Waals surface area contributed by atoms with Crippen molar-refractivity contribution in [2.24, 2.45) is 35.5 Å². The highest BCUT2D eigenvalue weighted by molar-refractivity contribution is 4.91. The summed E-state index contributed by atoms with van der Waals surface area (Å²) in [4.78, 5) is 0. The van der Waals surface area contributed by atoms with E-state index in [0.717, 1.165) is 11.8 Å². The second kappa shape index (κ2) is 7.66. The number of hydrogen-bond acceptors (Lipinski definition) is 2. The summed E-state index contributed by atoms with van der Waals surface area (Å²) in [7, 11) is 0. The minimum atomic E-state index is 0.375. The van der Waals surface area contributed by atoms with Gasteiger partial charge in [0.25, 0.3) is 0 Å². The summed E-state index contributed by atoms with van der Waals surface area (Å²) in [6.07, 6.45) is 7.60. The van der Waals surface area contributed by atoms with Crippen LogP contribution < -0.4 is 0 Å². The average Bonchev–Trinajstić information content (AvgIpc) is 2.45. The van der Waals surface area contributed by atoms with Gasteiger partial charge in [0.15, 0.2) is 0 Å². The summed E-state index contributed by atoms with van der Waals surface area (Å²) in [6.45, 7) is 14.1. The first-order valence-electron chi connectivity index (χ1n) is 9.78. The van der Waals surface area contributed by atoms with Gasteiger partial charge < -0.3 is 5.21 Å². The number of rotatable bonds is 4. The highest BCUT2D eigenvalue weighted by Crippen LogP contribution is 2.41. The summed E-state index contributed by atoms with van der Waals surface area (Å²) in [5.41, 5.74) is 0. The zero-order valence-electron chi connectivity index (χ0n) is 15.8. The Morgan fingerprint density at radius 1 is 0.727 bits per heavy atom. The summed E-state index contributed by atoms with van der Waals surface area (Å²) in [6, 6.07) is 0.751. The Balaban J connectivity index is 2.16. The van der Waals surface area contributed by atoms with Crippen LogP contribution in [0.1, 0.15) is 80.1 Å². The molecule has 6 unspecified atom stereocenters. The molecule has 2 nitrogen and oxygen atoms in total. The normalized spacial score (nSPS) is 40.6. The second-order valence-corrected chi connectivity index (χ2v) is 9.17. The summed E-state index contributed by atoms with van der Waals surface area (Å²) >= 11 is 0. The molecular weight excluding hydrogens is 270 g/mol. The molecule has 6 atom stereocenters. The van der Waals surface area contributed by atoms with Gasteiger partial charge in [0.1, 0.15) is 0 Å². The first kappa shape index (κ1) is 18.3. The molecule has 2 rings (SSSR count). The highest BCUT2D eigenvalue weighted by Gasteiger charge is 2.41. The molecule has 0 aromatic carbocycles. The van der Waals surface area contributed by atoms with Crippen LogP contribution >= 0.6 is 0 Å². The van der Waals surface area contributed by atoms with Crippen LogP contribution in [-0.2, 0) is 0 Å². The third-order valence-corrected chi connectivity index (χ3v) is 6.65. The molecule has 0 bridgehead atoms. The molecule has 0 radical (unpaired) electrons. The van der Waals surface area contributed by atoms with Crippen molar-refractivity contribution < 1.29 is 5.21 Å². The Hall–Kier alpha value is -0.0800. The van der Waals surface area contributed by atoms with Gasteiger partial charge in [-0.2, -0.15) is 5.06 Å². The molecule has 1 N–H and O–H groups in total. The molecule has 2 aliphatic carbocycles. The fourth-order valence-electron chi connectivity index (χ4n) is 5.16. The fourth-order valence-corrected chi connectivity index (χ4v) is 5.16. The van der Waals surface area contributed by atoms with Gasteiger partial charge in [0, 0.05) is 12.1 Å². The fraction of sp³-hybridized carbons (Fsp3) is 1.00. The zero-order valence-corrected chi connectivity index (χ0v) is 15.8. The van der Waals surface area contributed by atoms with E-state index >= 15 is 0 Å². The minimum Gasteiger partial charge on any atom is -0.313 e. The van der Waals surface area contributed by atoms with Crippen molar-refractivity contribution in [1.29, 1.82) is 0 Å². The van der Waals surface area contributed by atoms with Crippen LogP contribution in [0.3, 0.4) is 0 Å². The number of hydrogen-bond donors (Lipinski definition) is 1. The van der Waals surface area contributed by atoms with E-state index in [1.807, 2.05) is 5.06 Å². The molecule has 0 heterocycles. The van der Waals surface area contributed by atoms with E-state index in [2.05, 4.69) is 41.5 Å². The number of nitrogens with zero attached hydrogens (tertiary/aromatic N) is 1. The maximum atomic E-state index is 11.2. The minimum absolute atomic E-state index is 0.375. The Morgan fingerprint density at radius 2 is 1.09 bits per heavy atom. The van der Waals surface area contributed by atoms with Crippen LogP contribution in [-0.4, -0.2) is 22.4 Å². The number of hydroxylamine groups is 2. The van der Waals surface area contributed by atoms with Crippen LogP contribution in [0.2, 0.25) is 0 Å². The molecule has 22 heavy (non-hydrogen) atoms. The third kappa shape index (κ3) is 4.06. The molecule has 0 aromatic heterocycles. The predicted octanol–water partition coefficient (Wildman–Crippen LogP) is 5.60. The molecule has 0 saturated heterocycles. The largest absolute Gasteiger partial charge is 0.313 e. The van der Waals surface area contributed by atoms with Gasteiger partial charge >= 0.3 is 0 Å². The molecule has 0 aliphatic heterocycles. The molecular formula is C20H39NO. The van der Waals surface area contributed by atoms with Crippen molar-refractivity contribution in [3.8, 4) is 0 Å². The van der Waals surface area contributed by atoms with E-state index < -0.39 is 0 Å². The van der Waals surface area contributed by atoms with Crippen molar-refractivity contribution in [2.75, 3.05) is 0 Å². The van der Waals surface area contributed by atoms with Gasteiger partial charge in [0.05, 0.1) is 0 Å². The third-order valence-electron chi connectivity index (χ3n) is 6.65. The SMILES string of the molecule is CC1CCC(C(C)C)C(N(O)C2CC(C)CCC2C(C)C)C1. The van der Waals surface area contributed by atoms with E-state index in [9.17, 15) is 5.21 Å². The smallest absolute Gasteiger partial charge is 0.0386 e. The lowest BCUT2D eigenvalue weighted by molar-refractivity contribution is -0.211. The van der Waals surface area contributed by atoms with Crippen LogP contribution in [0.4, 0.5) is 0 Å². The maximum Gasteiger partial charge on any atom is 0.0386 e. The van der Waals surface area contributed by atoms with E-state index in [1.54, 1.807) is 0 Å². The van der Waals surface area contributed by atoms with Gasteiger partial charge in [-0.05, 0) is 61.2 Å². The van der Waals surface area contributed by atoms with Crippen LogP contribution in [0, 0.1) is 35.5 Å². The van der Waals surface area contributed by atoms with Crippen molar-refractivity contribution >= 4 is 0 Å². The summed E-state index contributed by atoms with van der Waals surface area (Å²) < 4.78 is 0. The molecule has 0 spiro atoms. The van der Waals surface area contributed by atoms with Gasteiger partial charge in [-0.1, -0.05) is 54.4 Å². The molecule has 0 aromatic rings. The Kier molecular flexibility index (Phi) is 6.36. The van der Waals surface area contributed by atoms with E-state index in [1.165, 1.54) is 38.5 Å². The molecule has 2 saturated carbocycles. The first-order valence-corrected chi connectivity index (χ1v) is 9.78. The van der Waals surface area contributed by atoms with Crippen LogP contribution in [0.5, 0.6) is 0 Å². The monoisotopic (exact) mass is 309 g/mol. The Labute approximate surface area is 138 Å². The molecule has 2 aliphatic rings. The van der Waals surface area contributed by atoms with E-state index in [-0.39, 0.29) is 0 Å². The lowest BCUT2D eigenvalue weighted by Gasteiger charge is -2.48. The van der Waals surface area contributed by atoms with E-state index in [4.69, 9.17) is 0 Å². The maximum absolute atomic E-state index is 11.2. The van der Waals surface area contributed by atoms with Crippen LogP contribution in [0.15, 0.2) is 0 Å². The van der Waals surface area contributed by atoms with Crippen molar-refractivity contribution in [3.63, 3.8) is 0 Å². The Bertz CT molecular complexity index is 309. The Morgan fingerprint density at radius 3 is 1.41 bits per heavy atom.